The van der Waals surface area contributed by atoms with Crippen LogP contribution in [0.1, 0.15) is 23.3 Å². The largest absolute Gasteiger partial charge is 0.459 e. The van der Waals surface area contributed by atoms with E-state index in [2.05, 4.69) is 39.5 Å². The van der Waals surface area contributed by atoms with Crippen LogP contribution in [0.25, 0.3) is 11.0 Å². The molecule has 0 bridgehead atoms. The Morgan fingerprint density at radius 3 is 3.00 bits per heavy atom. The van der Waals surface area contributed by atoms with Crippen molar-refractivity contribution >= 4 is 16.9 Å². The smallest absolute Gasteiger partial charge is 0.220 e. The number of carbonyl (C=O) groups is 1. The summed E-state index contributed by atoms with van der Waals surface area (Å²) in [4.78, 5) is 18.4. The van der Waals surface area contributed by atoms with Gasteiger partial charge in [-0.25, -0.2) is 0 Å². The Bertz CT molecular complexity index is 920. The molecule has 6 nitrogen and oxygen atoms in total. The normalized spacial score (nSPS) is 15.3. The van der Waals surface area contributed by atoms with Gasteiger partial charge in [0.2, 0.25) is 5.91 Å². The highest BCUT2D eigenvalue weighted by atomic mass is 16.3. The van der Waals surface area contributed by atoms with Gasteiger partial charge in [-0.3, -0.25) is 14.7 Å². The topological polar surface area (TPSA) is 78.6 Å². The van der Waals surface area contributed by atoms with E-state index in [0.29, 0.717) is 19.4 Å². The molecular weight excluding hydrogens is 354 g/mol. The fourth-order valence-electron chi connectivity index (χ4n) is 3.69. The number of pyridine rings is 1. The minimum absolute atomic E-state index is 0.0818. The molecule has 4 rings (SSSR count). The van der Waals surface area contributed by atoms with Crippen LogP contribution in [0, 0.1) is 0 Å². The Morgan fingerprint density at radius 1 is 1.29 bits per heavy atom. The molecule has 3 aromatic rings. The molecule has 0 unspecified atom stereocenters. The predicted molar refractivity (Wildman–Crippen MR) is 107 cm³/mol. The Hall–Kier alpha value is -2.70. The number of benzene rings is 1. The molecule has 0 spiro atoms. The number of β-amino-alcohol motifs (C(OH)–C–C–N with tert-alkyl or cyclic N) is 1. The second-order valence-electron chi connectivity index (χ2n) is 7.34. The molecule has 0 saturated carbocycles. The van der Waals surface area contributed by atoms with E-state index in [9.17, 15) is 9.90 Å². The fourth-order valence-corrected chi connectivity index (χ4v) is 3.69. The van der Waals surface area contributed by atoms with Gasteiger partial charge < -0.3 is 14.8 Å². The Kier molecular flexibility index (Phi) is 5.69. The average molecular weight is 379 g/mol. The molecule has 1 aliphatic heterocycles. The minimum Gasteiger partial charge on any atom is -0.459 e. The number of aryl methyl sites for hydroxylation is 1. The van der Waals surface area contributed by atoms with E-state index in [1.165, 1.54) is 11.1 Å². The van der Waals surface area contributed by atoms with E-state index in [1.807, 2.05) is 12.1 Å². The first kappa shape index (κ1) is 18.7. The van der Waals surface area contributed by atoms with Gasteiger partial charge in [0, 0.05) is 50.6 Å². The van der Waals surface area contributed by atoms with E-state index >= 15 is 0 Å². The van der Waals surface area contributed by atoms with Gasteiger partial charge in [-0.2, -0.15) is 0 Å². The van der Waals surface area contributed by atoms with E-state index < -0.39 is 6.10 Å². The van der Waals surface area contributed by atoms with Crippen molar-refractivity contribution in [1.82, 2.24) is 15.2 Å². The quantitative estimate of drug-likeness (QED) is 0.659. The number of rotatable bonds is 7. The molecule has 0 saturated heterocycles. The molecule has 146 valence electrons. The van der Waals surface area contributed by atoms with Gasteiger partial charge in [0.1, 0.15) is 5.76 Å². The maximum Gasteiger partial charge on any atom is 0.220 e. The van der Waals surface area contributed by atoms with Gasteiger partial charge in [-0.15, -0.1) is 0 Å². The van der Waals surface area contributed by atoms with Gasteiger partial charge >= 0.3 is 0 Å². The molecular formula is C22H25N3O3. The van der Waals surface area contributed by atoms with Crippen molar-refractivity contribution in [2.45, 2.75) is 31.9 Å². The van der Waals surface area contributed by atoms with Crippen LogP contribution in [0.2, 0.25) is 0 Å². The second kappa shape index (κ2) is 8.54. The molecule has 1 atom stereocenters. The summed E-state index contributed by atoms with van der Waals surface area (Å²) in [5, 5.41) is 14.1. The van der Waals surface area contributed by atoms with E-state index in [4.69, 9.17) is 4.42 Å². The van der Waals surface area contributed by atoms with Gasteiger partial charge in [0.25, 0.3) is 0 Å². The number of aliphatic hydroxyl groups is 1. The highest BCUT2D eigenvalue weighted by molar-refractivity contribution is 5.78. The van der Waals surface area contributed by atoms with Gasteiger partial charge in [-0.05, 0) is 29.7 Å². The van der Waals surface area contributed by atoms with Crippen LogP contribution in [-0.4, -0.2) is 46.6 Å². The van der Waals surface area contributed by atoms with Crippen molar-refractivity contribution in [1.29, 1.82) is 0 Å². The summed E-state index contributed by atoms with van der Waals surface area (Å²) >= 11 is 0. The van der Waals surface area contributed by atoms with Crippen LogP contribution < -0.4 is 5.32 Å². The molecule has 1 aromatic carbocycles. The standard InChI is InChI=1S/C22H25N3O3/c26-19(15-25-10-8-16-3-1-2-4-18(16)14-25)12-24-22(27)6-5-20-11-17-7-9-23-13-21(17)28-20/h1-4,7,9,11,13,19,26H,5-6,8,10,12,14-15H2,(H,24,27)/t19-/m0/s1. The fraction of sp³-hybridized carbons (Fsp3) is 0.364. The maximum atomic E-state index is 12.1. The summed E-state index contributed by atoms with van der Waals surface area (Å²) in [7, 11) is 0. The number of hydrogen-bond donors (Lipinski definition) is 2. The van der Waals surface area contributed by atoms with Crippen molar-refractivity contribution in [2.24, 2.45) is 0 Å². The highest BCUT2D eigenvalue weighted by Crippen LogP contribution is 2.19. The zero-order valence-electron chi connectivity index (χ0n) is 15.8. The van der Waals surface area contributed by atoms with Crippen LogP contribution in [-0.2, 0) is 24.2 Å². The van der Waals surface area contributed by atoms with Crippen LogP contribution in [0.3, 0.4) is 0 Å². The molecule has 0 radical (unpaired) electrons. The van der Waals surface area contributed by atoms with Crippen molar-refractivity contribution in [3.8, 4) is 0 Å². The molecule has 0 aliphatic carbocycles. The number of nitrogens with zero attached hydrogens (tertiary/aromatic N) is 2. The first-order valence-electron chi connectivity index (χ1n) is 9.74. The number of hydrogen-bond acceptors (Lipinski definition) is 5. The number of amides is 1. The lowest BCUT2D eigenvalue weighted by Gasteiger charge is -2.30. The predicted octanol–water partition coefficient (Wildman–Crippen LogP) is 2.30. The Balaban J connectivity index is 1.19. The Morgan fingerprint density at radius 2 is 2.14 bits per heavy atom. The number of aliphatic hydroxyl groups excluding tert-OH is 1. The molecule has 3 heterocycles. The number of furan rings is 1. The zero-order valence-corrected chi connectivity index (χ0v) is 15.8. The van der Waals surface area contributed by atoms with Crippen molar-refractivity contribution in [3.63, 3.8) is 0 Å². The summed E-state index contributed by atoms with van der Waals surface area (Å²) in [6.07, 6.45) is 4.68. The third-order valence-electron chi connectivity index (χ3n) is 5.19. The van der Waals surface area contributed by atoms with Gasteiger partial charge in [0.05, 0.1) is 12.3 Å². The summed E-state index contributed by atoms with van der Waals surface area (Å²) in [5.74, 6) is 0.687. The number of aromatic nitrogens is 1. The number of carbonyl (C=O) groups excluding carboxylic acids is 1. The number of fused-ring (bicyclic) bond motifs is 2. The van der Waals surface area contributed by atoms with Crippen LogP contribution in [0.15, 0.2) is 53.2 Å². The zero-order chi connectivity index (χ0) is 19.3. The third kappa shape index (κ3) is 4.58. The van der Waals surface area contributed by atoms with E-state index in [0.717, 1.165) is 36.2 Å². The SMILES string of the molecule is O=C(CCc1cc2ccncc2o1)NC[C@H](O)CN1CCc2ccccc2C1. The summed E-state index contributed by atoms with van der Waals surface area (Å²) < 4.78 is 5.67. The minimum atomic E-state index is -0.577. The first-order chi connectivity index (χ1) is 13.7. The molecule has 6 heteroatoms. The average Bonchev–Trinajstić information content (AvgIpc) is 3.14. The van der Waals surface area contributed by atoms with Gasteiger partial charge in [-0.1, -0.05) is 24.3 Å². The Labute approximate surface area is 164 Å². The maximum absolute atomic E-state index is 12.1. The first-order valence-corrected chi connectivity index (χ1v) is 9.74. The van der Waals surface area contributed by atoms with Crippen LogP contribution >= 0.6 is 0 Å². The van der Waals surface area contributed by atoms with Crippen molar-refractivity contribution in [2.75, 3.05) is 19.6 Å². The number of nitrogens with one attached hydrogen (secondary N) is 1. The molecule has 0 fully saturated rings. The monoisotopic (exact) mass is 379 g/mol. The van der Waals surface area contributed by atoms with Crippen molar-refractivity contribution in [3.05, 3.63) is 65.7 Å². The molecule has 2 aromatic heterocycles. The lowest BCUT2D eigenvalue weighted by Crippen LogP contribution is -2.42. The van der Waals surface area contributed by atoms with Crippen molar-refractivity contribution < 1.29 is 14.3 Å². The molecule has 1 amide bonds. The third-order valence-corrected chi connectivity index (χ3v) is 5.19. The van der Waals surface area contributed by atoms with Gasteiger partial charge in [0.15, 0.2) is 5.58 Å². The van der Waals surface area contributed by atoms with E-state index in [1.54, 1.807) is 12.4 Å². The second-order valence-corrected chi connectivity index (χ2v) is 7.34. The lowest BCUT2D eigenvalue weighted by molar-refractivity contribution is -0.121. The summed E-state index contributed by atoms with van der Waals surface area (Å²) in [6.45, 7) is 2.61. The van der Waals surface area contributed by atoms with E-state index in [-0.39, 0.29) is 12.5 Å². The summed E-state index contributed by atoms with van der Waals surface area (Å²) in [6, 6.07) is 12.3. The molecule has 2 N–H and O–H groups in total. The summed E-state index contributed by atoms with van der Waals surface area (Å²) in [5.41, 5.74) is 3.45. The lowest BCUT2D eigenvalue weighted by atomic mass is 10.00. The van der Waals surface area contributed by atoms with Crippen LogP contribution in [0.5, 0.6) is 0 Å². The highest BCUT2D eigenvalue weighted by Gasteiger charge is 2.18. The van der Waals surface area contributed by atoms with Crippen LogP contribution in [0.4, 0.5) is 0 Å². The molecule has 28 heavy (non-hydrogen) atoms. The molecule has 1 aliphatic rings.